The standard InChI is InChI=1S/C35H33N5O4S/c1-5-43-29-17-11-24(19-30(29)42-4)12-18-32-36-35-40(37-32)34(41)31(45-35)20-26-21-39(27-9-7-6-8-10-27)38-33(26)25-13-15-28(16-14-25)44-22-23(2)3/h6-21,23H,5,22H2,1-4H3/b18-12+,31-20-. The van der Waals surface area contributed by atoms with Crippen LogP contribution in [0, 0.1) is 5.92 Å². The van der Waals surface area contributed by atoms with Gasteiger partial charge in [0.2, 0.25) is 4.96 Å². The van der Waals surface area contributed by atoms with E-state index in [0.29, 0.717) is 45.9 Å². The molecule has 0 aliphatic heterocycles. The Kier molecular flexibility index (Phi) is 8.74. The van der Waals surface area contributed by atoms with Crippen LogP contribution in [0.2, 0.25) is 0 Å². The van der Waals surface area contributed by atoms with Gasteiger partial charge in [0, 0.05) is 17.3 Å². The average Bonchev–Trinajstić information content (AvgIpc) is 3.74. The third-order valence-electron chi connectivity index (χ3n) is 6.87. The first-order valence-corrected chi connectivity index (χ1v) is 15.5. The van der Waals surface area contributed by atoms with E-state index in [0.717, 1.165) is 33.8 Å². The SMILES string of the molecule is CCOc1ccc(/C=C/c2nc3s/c(=C\c4cn(-c5ccccc5)nc4-c4ccc(OCC(C)C)cc4)c(=O)n3n2)cc1OC. The van der Waals surface area contributed by atoms with Crippen LogP contribution in [0.3, 0.4) is 0 Å². The van der Waals surface area contributed by atoms with Gasteiger partial charge in [-0.15, -0.1) is 5.10 Å². The second-order valence-electron chi connectivity index (χ2n) is 10.7. The number of thiazole rings is 1. The van der Waals surface area contributed by atoms with Crippen LogP contribution in [0.15, 0.2) is 83.8 Å². The highest BCUT2D eigenvalue weighted by Gasteiger charge is 2.14. The highest BCUT2D eigenvalue weighted by molar-refractivity contribution is 7.15. The lowest BCUT2D eigenvalue weighted by Crippen LogP contribution is -2.23. The highest BCUT2D eigenvalue weighted by atomic mass is 32.1. The number of methoxy groups -OCH3 is 1. The van der Waals surface area contributed by atoms with Crippen molar-refractivity contribution in [2.75, 3.05) is 20.3 Å². The normalized spacial score (nSPS) is 12.1. The molecule has 0 N–H and O–H groups in total. The van der Waals surface area contributed by atoms with E-state index in [4.69, 9.17) is 19.3 Å². The second-order valence-corrected chi connectivity index (χ2v) is 11.7. The summed E-state index contributed by atoms with van der Waals surface area (Å²) in [5.74, 6) is 3.01. The topological polar surface area (TPSA) is 92.8 Å². The number of ether oxygens (including phenoxy) is 3. The molecule has 228 valence electrons. The van der Waals surface area contributed by atoms with Gasteiger partial charge in [0.1, 0.15) is 11.4 Å². The van der Waals surface area contributed by atoms with Crippen LogP contribution in [0.5, 0.6) is 17.2 Å². The Labute approximate surface area is 264 Å². The number of hydrogen-bond donors (Lipinski definition) is 0. The van der Waals surface area contributed by atoms with Crippen molar-refractivity contribution in [2.24, 2.45) is 5.92 Å². The number of rotatable bonds is 11. The Balaban J connectivity index is 1.32. The van der Waals surface area contributed by atoms with E-state index in [9.17, 15) is 4.79 Å². The third-order valence-corrected chi connectivity index (χ3v) is 7.83. The zero-order valence-corrected chi connectivity index (χ0v) is 26.3. The van der Waals surface area contributed by atoms with Crippen LogP contribution in [-0.4, -0.2) is 44.7 Å². The molecule has 0 amide bonds. The Morgan fingerprint density at radius 3 is 2.44 bits per heavy atom. The Morgan fingerprint density at radius 2 is 1.73 bits per heavy atom. The molecular formula is C35H33N5O4S. The molecule has 9 nitrogen and oxygen atoms in total. The second kappa shape index (κ2) is 13.2. The van der Waals surface area contributed by atoms with Gasteiger partial charge in [-0.1, -0.05) is 55.5 Å². The van der Waals surface area contributed by atoms with Crippen LogP contribution < -0.4 is 24.3 Å². The van der Waals surface area contributed by atoms with Gasteiger partial charge >= 0.3 is 0 Å². The van der Waals surface area contributed by atoms with Gasteiger partial charge in [-0.05, 0) is 79.1 Å². The number of aromatic nitrogens is 5. The van der Waals surface area contributed by atoms with Gasteiger partial charge in [-0.2, -0.15) is 14.6 Å². The maximum absolute atomic E-state index is 13.4. The van der Waals surface area contributed by atoms with Crippen LogP contribution in [-0.2, 0) is 0 Å². The number of hydrogen-bond acceptors (Lipinski definition) is 8. The van der Waals surface area contributed by atoms with Crippen LogP contribution in [0.25, 0.3) is 40.1 Å². The van der Waals surface area contributed by atoms with Gasteiger partial charge in [0.05, 0.1) is 30.5 Å². The Hall–Kier alpha value is -5.22. The van der Waals surface area contributed by atoms with Crippen molar-refractivity contribution in [1.82, 2.24) is 24.4 Å². The lowest BCUT2D eigenvalue weighted by atomic mass is 10.1. The summed E-state index contributed by atoms with van der Waals surface area (Å²) < 4.78 is 20.6. The minimum Gasteiger partial charge on any atom is -0.493 e. The molecule has 0 unspecified atom stereocenters. The zero-order chi connectivity index (χ0) is 31.3. The molecule has 0 saturated carbocycles. The van der Waals surface area contributed by atoms with E-state index in [1.165, 1.54) is 15.9 Å². The predicted molar refractivity (Wildman–Crippen MR) is 178 cm³/mol. The first kappa shape index (κ1) is 29.8. The fourth-order valence-corrected chi connectivity index (χ4v) is 5.60. The minimum absolute atomic E-state index is 0.235. The van der Waals surface area contributed by atoms with E-state index >= 15 is 0 Å². The predicted octanol–water partition coefficient (Wildman–Crippen LogP) is 6.16. The molecule has 10 heteroatoms. The summed E-state index contributed by atoms with van der Waals surface area (Å²) >= 11 is 1.29. The molecular weight excluding hydrogens is 586 g/mol. The fourth-order valence-electron chi connectivity index (χ4n) is 4.70. The maximum Gasteiger partial charge on any atom is 0.291 e. The van der Waals surface area contributed by atoms with Crippen molar-refractivity contribution in [3.05, 3.63) is 111 Å². The molecule has 45 heavy (non-hydrogen) atoms. The Bertz CT molecular complexity index is 2060. The number of nitrogens with zero attached hydrogens (tertiary/aromatic N) is 5. The summed E-state index contributed by atoms with van der Waals surface area (Å²) in [7, 11) is 1.61. The van der Waals surface area contributed by atoms with Crippen molar-refractivity contribution in [3.63, 3.8) is 0 Å². The summed E-state index contributed by atoms with van der Waals surface area (Å²) in [6.07, 6.45) is 7.44. The molecule has 3 aromatic carbocycles. The summed E-state index contributed by atoms with van der Waals surface area (Å²) in [5, 5.41) is 9.36. The van der Waals surface area contributed by atoms with E-state index in [2.05, 4.69) is 23.9 Å². The Morgan fingerprint density at radius 1 is 0.933 bits per heavy atom. The third kappa shape index (κ3) is 6.66. The fraction of sp³-hybridized carbons (Fsp3) is 0.200. The molecule has 6 aromatic rings. The lowest BCUT2D eigenvalue weighted by Gasteiger charge is -2.09. The van der Waals surface area contributed by atoms with Gasteiger partial charge < -0.3 is 14.2 Å². The monoisotopic (exact) mass is 619 g/mol. The van der Waals surface area contributed by atoms with Crippen LogP contribution in [0.1, 0.15) is 37.7 Å². The molecule has 0 spiro atoms. The van der Waals surface area contributed by atoms with E-state index < -0.39 is 0 Å². The van der Waals surface area contributed by atoms with Gasteiger partial charge in [0.25, 0.3) is 5.56 Å². The van der Waals surface area contributed by atoms with E-state index in [-0.39, 0.29) is 5.56 Å². The highest BCUT2D eigenvalue weighted by Crippen LogP contribution is 2.29. The van der Waals surface area contributed by atoms with Crippen molar-refractivity contribution < 1.29 is 14.2 Å². The summed E-state index contributed by atoms with van der Waals surface area (Å²) in [6, 6.07) is 23.4. The van der Waals surface area contributed by atoms with E-state index in [1.807, 2.05) is 103 Å². The lowest BCUT2D eigenvalue weighted by molar-refractivity contribution is 0.271. The number of fused-ring (bicyclic) bond motifs is 1. The molecule has 0 saturated heterocycles. The average molecular weight is 620 g/mol. The molecule has 0 fully saturated rings. The molecule has 3 aromatic heterocycles. The smallest absolute Gasteiger partial charge is 0.291 e. The van der Waals surface area contributed by atoms with Gasteiger partial charge in [-0.3, -0.25) is 4.79 Å². The molecule has 0 aliphatic rings. The first-order chi connectivity index (χ1) is 21.9. The van der Waals surface area contributed by atoms with Gasteiger partial charge in [-0.25, -0.2) is 4.68 Å². The summed E-state index contributed by atoms with van der Waals surface area (Å²) in [5.41, 5.74) is 4.05. The summed E-state index contributed by atoms with van der Waals surface area (Å²) in [6.45, 7) is 7.36. The minimum atomic E-state index is -0.235. The molecule has 0 aliphatic carbocycles. The molecule has 0 bridgehead atoms. The number of benzene rings is 3. The van der Waals surface area contributed by atoms with Crippen molar-refractivity contribution in [1.29, 1.82) is 0 Å². The first-order valence-electron chi connectivity index (χ1n) is 14.7. The number of para-hydroxylation sites is 1. The van der Waals surface area contributed by atoms with E-state index in [1.54, 1.807) is 13.2 Å². The largest absolute Gasteiger partial charge is 0.493 e. The molecule has 6 rings (SSSR count). The van der Waals surface area contributed by atoms with Crippen LogP contribution >= 0.6 is 11.3 Å². The molecule has 3 heterocycles. The van der Waals surface area contributed by atoms with Crippen molar-refractivity contribution in [3.8, 4) is 34.2 Å². The zero-order valence-electron chi connectivity index (χ0n) is 25.5. The maximum atomic E-state index is 13.4. The summed E-state index contributed by atoms with van der Waals surface area (Å²) in [4.78, 5) is 18.5. The molecule has 0 atom stereocenters. The quantitative estimate of drug-likeness (QED) is 0.171. The van der Waals surface area contributed by atoms with Gasteiger partial charge in [0.15, 0.2) is 17.3 Å². The van der Waals surface area contributed by atoms with Crippen LogP contribution in [0.4, 0.5) is 0 Å². The molecule has 0 radical (unpaired) electrons. The van der Waals surface area contributed by atoms with Crippen molar-refractivity contribution in [2.45, 2.75) is 20.8 Å². The van der Waals surface area contributed by atoms with Crippen molar-refractivity contribution >= 4 is 34.5 Å².